The van der Waals surface area contributed by atoms with Gasteiger partial charge in [-0.25, -0.2) is 4.99 Å². The van der Waals surface area contributed by atoms with E-state index in [4.69, 9.17) is 4.74 Å². The lowest BCUT2D eigenvalue weighted by atomic mass is 10.0. The van der Waals surface area contributed by atoms with Crippen LogP contribution in [0.3, 0.4) is 0 Å². The number of nitrogens with one attached hydrogen (secondary N) is 2. The van der Waals surface area contributed by atoms with Gasteiger partial charge in [0.1, 0.15) is 6.54 Å². The highest BCUT2D eigenvalue weighted by Gasteiger charge is 2.29. The second-order valence-corrected chi connectivity index (χ2v) is 6.61. The highest BCUT2D eigenvalue weighted by atomic mass is 127. The second kappa shape index (κ2) is 11.3. The third-order valence-electron chi connectivity index (χ3n) is 3.40. The van der Waals surface area contributed by atoms with Gasteiger partial charge in [0.25, 0.3) is 0 Å². The van der Waals surface area contributed by atoms with Gasteiger partial charge in [0, 0.05) is 39.5 Å². The molecular formula is C14H29IN4O2S. The first-order valence-corrected chi connectivity index (χ1v) is 8.71. The maximum Gasteiger partial charge on any atom is 0.243 e. The molecule has 0 radical (unpaired) electrons. The van der Waals surface area contributed by atoms with Crippen LogP contribution < -0.4 is 10.6 Å². The maximum absolute atomic E-state index is 11.6. The largest absolute Gasteiger partial charge is 0.373 e. The predicted octanol–water partition coefficient (Wildman–Crippen LogP) is 1.16. The molecule has 1 unspecified atom stereocenters. The van der Waals surface area contributed by atoms with Crippen LogP contribution in [-0.4, -0.2) is 74.7 Å². The van der Waals surface area contributed by atoms with Gasteiger partial charge in [-0.1, -0.05) is 0 Å². The zero-order chi connectivity index (χ0) is 15.7. The Bertz CT molecular complexity index is 361. The molecule has 130 valence electrons. The number of aliphatic imine (C=N–C) groups is 1. The second-order valence-electron chi connectivity index (χ2n) is 5.63. The van der Waals surface area contributed by atoms with Crippen molar-refractivity contribution in [2.75, 3.05) is 52.3 Å². The van der Waals surface area contributed by atoms with E-state index in [0.717, 1.165) is 31.7 Å². The van der Waals surface area contributed by atoms with Crippen LogP contribution in [0.5, 0.6) is 0 Å². The average molecular weight is 444 g/mol. The van der Waals surface area contributed by atoms with Crippen molar-refractivity contribution in [2.45, 2.75) is 25.4 Å². The average Bonchev–Trinajstić information content (AvgIpc) is 2.88. The van der Waals surface area contributed by atoms with Crippen molar-refractivity contribution >= 4 is 47.6 Å². The summed E-state index contributed by atoms with van der Waals surface area (Å²) in [5.74, 6) is 1.66. The summed E-state index contributed by atoms with van der Waals surface area (Å²) < 4.78 is 5.76. The number of ether oxygens (including phenoxy) is 1. The van der Waals surface area contributed by atoms with Crippen molar-refractivity contribution in [2.24, 2.45) is 4.99 Å². The van der Waals surface area contributed by atoms with E-state index in [2.05, 4.69) is 28.8 Å². The molecule has 22 heavy (non-hydrogen) atoms. The number of carbonyl (C=O) groups is 1. The summed E-state index contributed by atoms with van der Waals surface area (Å²) in [5.41, 5.74) is -0.131. The van der Waals surface area contributed by atoms with Gasteiger partial charge in [-0.15, -0.1) is 24.0 Å². The zero-order valence-corrected chi connectivity index (χ0v) is 17.1. The minimum atomic E-state index is -0.131. The molecule has 0 spiro atoms. The van der Waals surface area contributed by atoms with Gasteiger partial charge < -0.3 is 20.3 Å². The van der Waals surface area contributed by atoms with Gasteiger partial charge in [-0.05, 0) is 26.0 Å². The normalized spacial score (nSPS) is 21.2. The van der Waals surface area contributed by atoms with Gasteiger partial charge in [0.05, 0.1) is 5.60 Å². The molecule has 0 aromatic carbocycles. The molecule has 2 N–H and O–H groups in total. The predicted molar refractivity (Wildman–Crippen MR) is 104 cm³/mol. The van der Waals surface area contributed by atoms with E-state index in [1.54, 1.807) is 30.8 Å². The SMILES string of the molecule is CSCCNC(=NCC(=O)N(C)C)NCC1(C)CCCO1.I. The maximum atomic E-state index is 11.6. The molecule has 1 atom stereocenters. The van der Waals surface area contributed by atoms with Crippen LogP contribution in [0.15, 0.2) is 4.99 Å². The van der Waals surface area contributed by atoms with E-state index in [1.807, 2.05) is 0 Å². The van der Waals surface area contributed by atoms with Crippen molar-refractivity contribution in [3.8, 4) is 0 Å². The molecule has 1 rings (SSSR count). The monoisotopic (exact) mass is 444 g/mol. The van der Waals surface area contributed by atoms with Crippen LogP contribution in [0.2, 0.25) is 0 Å². The summed E-state index contributed by atoms with van der Waals surface area (Å²) in [6, 6.07) is 0. The number of nitrogens with zero attached hydrogens (tertiary/aromatic N) is 2. The number of likely N-dealkylation sites (N-methyl/N-ethyl adjacent to an activating group) is 1. The summed E-state index contributed by atoms with van der Waals surface area (Å²) >= 11 is 1.77. The molecule has 1 heterocycles. The van der Waals surface area contributed by atoms with Crippen molar-refractivity contribution in [3.05, 3.63) is 0 Å². The minimum absolute atomic E-state index is 0. The van der Waals surface area contributed by atoms with Crippen LogP contribution in [0.25, 0.3) is 0 Å². The van der Waals surface area contributed by atoms with Crippen LogP contribution in [0, 0.1) is 0 Å². The number of carbonyl (C=O) groups excluding carboxylic acids is 1. The molecule has 0 aliphatic carbocycles. The first-order chi connectivity index (χ1) is 9.97. The summed E-state index contributed by atoms with van der Waals surface area (Å²) in [6.07, 6.45) is 4.22. The van der Waals surface area contributed by atoms with Gasteiger partial charge in [-0.3, -0.25) is 4.79 Å². The fraction of sp³-hybridized carbons (Fsp3) is 0.857. The Morgan fingerprint density at radius 3 is 2.68 bits per heavy atom. The summed E-state index contributed by atoms with van der Waals surface area (Å²) in [5, 5.41) is 6.54. The molecule has 0 aromatic rings. The molecule has 1 aliphatic heterocycles. The van der Waals surface area contributed by atoms with Crippen molar-refractivity contribution in [1.29, 1.82) is 0 Å². The van der Waals surface area contributed by atoms with Gasteiger partial charge >= 0.3 is 0 Å². The lowest BCUT2D eigenvalue weighted by Gasteiger charge is -2.24. The third kappa shape index (κ3) is 8.42. The minimum Gasteiger partial charge on any atom is -0.373 e. The molecular weight excluding hydrogens is 415 g/mol. The van der Waals surface area contributed by atoms with Crippen LogP contribution in [0.4, 0.5) is 0 Å². The molecule has 0 aromatic heterocycles. The Labute approximate surface area is 155 Å². The molecule has 6 nitrogen and oxygen atoms in total. The van der Waals surface area contributed by atoms with Gasteiger partial charge in [-0.2, -0.15) is 11.8 Å². The summed E-state index contributed by atoms with van der Waals surface area (Å²) in [6.45, 7) is 4.61. The Morgan fingerprint density at radius 1 is 1.41 bits per heavy atom. The Kier molecular flexibility index (Phi) is 11.2. The highest BCUT2D eigenvalue weighted by Crippen LogP contribution is 2.23. The number of hydrogen-bond acceptors (Lipinski definition) is 4. The zero-order valence-electron chi connectivity index (χ0n) is 14.0. The first-order valence-electron chi connectivity index (χ1n) is 7.32. The smallest absolute Gasteiger partial charge is 0.243 e. The van der Waals surface area contributed by atoms with E-state index in [0.29, 0.717) is 12.5 Å². The number of amides is 1. The van der Waals surface area contributed by atoms with Crippen molar-refractivity contribution in [1.82, 2.24) is 15.5 Å². The van der Waals surface area contributed by atoms with Crippen molar-refractivity contribution < 1.29 is 9.53 Å². The van der Waals surface area contributed by atoms with E-state index < -0.39 is 0 Å². The topological polar surface area (TPSA) is 66.0 Å². The Morgan fingerprint density at radius 2 is 2.14 bits per heavy atom. The Balaban J connectivity index is 0.00000441. The number of thioether (sulfide) groups is 1. The molecule has 1 amide bonds. The van der Waals surface area contributed by atoms with Gasteiger partial charge in [0.15, 0.2) is 5.96 Å². The lowest BCUT2D eigenvalue weighted by Crippen LogP contribution is -2.46. The molecule has 1 aliphatic rings. The van der Waals surface area contributed by atoms with Gasteiger partial charge in [0.2, 0.25) is 5.91 Å². The van der Waals surface area contributed by atoms with Crippen LogP contribution in [-0.2, 0) is 9.53 Å². The van der Waals surface area contributed by atoms with Crippen molar-refractivity contribution in [3.63, 3.8) is 0 Å². The number of rotatable bonds is 7. The van der Waals surface area contributed by atoms with Crippen LogP contribution >= 0.6 is 35.7 Å². The molecule has 8 heteroatoms. The fourth-order valence-electron chi connectivity index (χ4n) is 1.98. The molecule has 1 saturated heterocycles. The lowest BCUT2D eigenvalue weighted by molar-refractivity contribution is -0.127. The quantitative estimate of drug-likeness (QED) is 0.267. The highest BCUT2D eigenvalue weighted by molar-refractivity contribution is 14.0. The molecule has 1 fully saturated rings. The first kappa shape index (κ1) is 21.8. The standard InChI is InChI=1S/C14H28N4O2S.HI/c1-14(6-5-8-20-14)11-17-13(15-7-9-21-4)16-10-12(19)18(2)3;/h5-11H2,1-4H3,(H2,15,16,17);1H. The van der Waals surface area contributed by atoms with E-state index in [1.165, 1.54) is 0 Å². The summed E-state index contributed by atoms with van der Waals surface area (Å²) in [4.78, 5) is 17.5. The van der Waals surface area contributed by atoms with E-state index >= 15 is 0 Å². The van der Waals surface area contributed by atoms with Crippen LogP contribution in [0.1, 0.15) is 19.8 Å². The van der Waals surface area contributed by atoms with E-state index in [9.17, 15) is 4.79 Å². The third-order valence-corrected chi connectivity index (χ3v) is 4.01. The number of guanidine groups is 1. The molecule has 0 bridgehead atoms. The Hall–Kier alpha value is -0.220. The van der Waals surface area contributed by atoms with E-state index in [-0.39, 0.29) is 42.0 Å². The summed E-state index contributed by atoms with van der Waals surface area (Å²) in [7, 11) is 3.47. The number of hydrogen-bond donors (Lipinski definition) is 2. The number of halogens is 1. The molecule has 0 saturated carbocycles. The fourth-order valence-corrected chi connectivity index (χ4v) is 2.29.